The zero-order valence-electron chi connectivity index (χ0n) is 26.3. The number of esters is 2. The van der Waals surface area contributed by atoms with Crippen LogP contribution in [0.4, 0.5) is 0 Å². The molecule has 0 spiro atoms. The molecular weight excluding hydrogens is 524 g/mol. The summed E-state index contributed by atoms with van der Waals surface area (Å²) in [5.41, 5.74) is 3.02. The molecule has 0 heterocycles. The lowest BCUT2D eigenvalue weighted by Crippen LogP contribution is -2.32. The Morgan fingerprint density at radius 3 is 2.15 bits per heavy atom. The summed E-state index contributed by atoms with van der Waals surface area (Å²) in [7, 11) is -1.33. The summed E-state index contributed by atoms with van der Waals surface area (Å²) in [5.74, 6) is -1.04. The van der Waals surface area contributed by atoms with Crippen LogP contribution in [0.3, 0.4) is 0 Å². The Morgan fingerprint density at radius 2 is 1.49 bits per heavy atom. The summed E-state index contributed by atoms with van der Waals surface area (Å²) >= 11 is 0. The monoisotopic (exact) mass is 574 g/mol. The van der Waals surface area contributed by atoms with Crippen LogP contribution in [-0.4, -0.2) is 32.2 Å². The average Bonchev–Trinajstić information content (AvgIpc) is 2.91. The van der Waals surface area contributed by atoms with Crippen LogP contribution in [0.1, 0.15) is 65.4 Å². The first-order chi connectivity index (χ1) is 19.4. The highest BCUT2D eigenvalue weighted by Crippen LogP contribution is 2.30. The van der Waals surface area contributed by atoms with E-state index in [9.17, 15) is 9.59 Å². The van der Waals surface area contributed by atoms with Crippen molar-refractivity contribution in [2.75, 3.05) is 6.61 Å². The van der Waals surface area contributed by atoms with Crippen LogP contribution in [-0.2, 0) is 25.5 Å². The van der Waals surface area contributed by atoms with Crippen LogP contribution < -0.4 is 0 Å². The van der Waals surface area contributed by atoms with E-state index in [-0.39, 0.29) is 23.8 Å². The Labute approximate surface area is 248 Å². The predicted molar refractivity (Wildman–Crippen MR) is 174 cm³/mol. The van der Waals surface area contributed by atoms with Crippen LogP contribution in [0, 0.1) is 11.8 Å². The zero-order valence-corrected chi connectivity index (χ0v) is 27.3. The lowest BCUT2D eigenvalue weighted by atomic mass is 9.86. The van der Waals surface area contributed by atoms with Crippen molar-refractivity contribution in [2.45, 2.75) is 97.5 Å². The lowest BCUT2D eigenvalue weighted by Gasteiger charge is -2.26. The molecule has 41 heavy (non-hydrogen) atoms. The molecule has 0 fully saturated rings. The number of ether oxygens (including phenoxy) is 2. The van der Waals surface area contributed by atoms with Crippen molar-refractivity contribution in [1.29, 1.82) is 0 Å². The largest absolute Gasteiger partial charge is 0.466 e. The van der Waals surface area contributed by atoms with Crippen molar-refractivity contribution < 1.29 is 19.1 Å². The molecule has 0 amide bonds. The highest BCUT2D eigenvalue weighted by molar-refractivity contribution is 6.76. The number of aryl methyl sites for hydroxylation is 1. The van der Waals surface area contributed by atoms with E-state index in [0.717, 1.165) is 31.7 Å². The molecule has 0 saturated carbocycles. The second-order valence-corrected chi connectivity index (χ2v) is 19.2. The van der Waals surface area contributed by atoms with Gasteiger partial charge in [0.2, 0.25) is 0 Å². The maximum Gasteiger partial charge on any atom is 0.309 e. The molecule has 0 aliphatic carbocycles. The highest BCUT2D eigenvalue weighted by atomic mass is 28.3. The normalized spacial score (nSPS) is 13.5. The maximum absolute atomic E-state index is 13.4. The third kappa shape index (κ3) is 10.8. The number of carbonyl (C=O) groups is 2. The molecule has 0 saturated heterocycles. The molecule has 0 bridgehead atoms. The van der Waals surface area contributed by atoms with Gasteiger partial charge in [0, 0.05) is 8.07 Å². The molecule has 2 atom stereocenters. The van der Waals surface area contributed by atoms with Gasteiger partial charge in [-0.15, -0.1) is 0 Å². The summed E-state index contributed by atoms with van der Waals surface area (Å²) in [6, 6.07) is 24.4. The molecule has 3 rings (SSSR count). The molecule has 5 heteroatoms. The standard InChI is InChI=1S/C36H50O4Si/c1-8-9-13-30(35(38)40-36(2,3)4)26-31(34(37)39-24-25-41(5,6)7)23-20-27-18-21-29(22-19-27)33-17-12-15-28-14-10-11-16-32(28)33/h10-12,14-19,21-22,30-31H,8-9,13,20,23-26H2,1-7H3/t30-,31+/m0/s1. The van der Waals surface area contributed by atoms with Crippen molar-refractivity contribution in [3.05, 3.63) is 72.3 Å². The van der Waals surface area contributed by atoms with E-state index in [1.54, 1.807) is 0 Å². The van der Waals surface area contributed by atoms with Gasteiger partial charge < -0.3 is 9.47 Å². The van der Waals surface area contributed by atoms with Gasteiger partial charge in [0.05, 0.1) is 18.4 Å². The fraction of sp³-hybridized carbons (Fsp3) is 0.500. The summed E-state index contributed by atoms with van der Waals surface area (Å²) < 4.78 is 11.6. The van der Waals surface area contributed by atoms with Crippen LogP contribution in [0.2, 0.25) is 25.7 Å². The minimum Gasteiger partial charge on any atom is -0.466 e. The first kappa shape index (κ1) is 32.6. The van der Waals surface area contributed by atoms with Crippen LogP contribution in [0.15, 0.2) is 66.7 Å². The van der Waals surface area contributed by atoms with E-state index >= 15 is 0 Å². The van der Waals surface area contributed by atoms with E-state index in [1.165, 1.54) is 27.5 Å². The van der Waals surface area contributed by atoms with Crippen molar-refractivity contribution in [2.24, 2.45) is 11.8 Å². The molecule has 4 nitrogen and oxygen atoms in total. The van der Waals surface area contributed by atoms with E-state index in [1.807, 2.05) is 20.8 Å². The summed E-state index contributed by atoms with van der Waals surface area (Å²) in [4.78, 5) is 26.5. The SMILES string of the molecule is CCCC[C@@H](C[C@@H](CCc1ccc(-c2cccc3ccccc23)cc1)C(=O)OCC[Si](C)(C)C)C(=O)OC(C)(C)C. The number of hydrogen-bond acceptors (Lipinski definition) is 4. The highest BCUT2D eigenvalue weighted by Gasteiger charge is 2.31. The number of fused-ring (bicyclic) bond motifs is 1. The molecule has 0 N–H and O–H groups in total. The first-order valence-corrected chi connectivity index (χ1v) is 19.0. The molecule has 0 unspecified atom stereocenters. The van der Waals surface area contributed by atoms with Gasteiger partial charge in [0.1, 0.15) is 5.60 Å². The molecule has 0 radical (unpaired) electrons. The summed E-state index contributed by atoms with van der Waals surface area (Å²) in [5, 5.41) is 2.47. The van der Waals surface area contributed by atoms with Gasteiger partial charge in [-0.05, 0) is 80.0 Å². The summed E-state index contributed by atoms with van der Waals surface area (Å²) in [6.07, 6.45) is 4.51. The van der Waals surface area contributed by atoms with E-state index < -0.39 is 13.7 Å². The third-order valence-electron chi connectivity index (χ3n) is 7.48. The Hall–Kier alpha value is -2.92. The van der Waals surface area contributed by atoms with Crippen LogP contribution >= 0.6 is 0 Å². The van der Waals surface area contributed by atoms with Gasteiger partial charge in [-0.3, -0.25) is 9.59 Å². The molecular formula is C36H50O4Si. The third-order valence-corrected chi connectivity index (χ3v) is 9.19. The number of unbranched alkanes of at least 4 members (excludes halogenated alkanes) is 1. The van der Waals surface area contributed by atoms with Gasteiger partial charge in [-0.2, -0.15) is 0 Å². The zero-order chi connectivity index (χ0) is 30.0. The average molecular weight is 575 g/mol. The molecule has 3 aromatic rings. The van der Waals surface area contributed by atoms with Gasteiger partial charge in [0.25, 0.3) is 0 Å². The molecule has 0 aromatic heterocycles. The van der Waals surface area contributed by atoms with E-state index in [0.29, 0.717) is 19.4 Å². The molecule has 3 aromatic carbocycles. The molecule has 222 valence electrons. The quantitative estimate of drug-likeness (QED) is 0.142. The van der Waals surface area contributed by atoms with Gasteiger partial charge in [-0.25, -0.2) is 0 Å². The van der Waals surface area contributed by atoms with Crippen LogP contribution in [0.25, 0.3) is 21.9 Å². The Morgan fingerprint density at radius 1 is 0.829 bits per heavy atom. The Bertz CT molecular complexity index is 1260. The summed E-state index contributed by atoms with van der Waals surface area (Å²) in [6.45, 7) is 15.1. The lowest BCUT2D eigenvalue weighted by molar-refractivity contribution is -0.162. The minimum absolute atomic E-state index is 0.180. The van der Waals surface area contributed by atoms with Gasteiger partial charge in [-0.1, -0.05) is 106 Å². The number of carbonyl (C=O) groups excluding carboxylic acids is 2. The minimum atomic E-state index is -1.33. The number of hydrogen-bond donors (Lipinski definition) is 0. The second kappa shape index (κ2) is 14.8. The Balaban J connectivity index is 1.75. The number of benzene rings is 3. The molecule has 0 aliphatic rings. The number of rotatable bonds is 14. The fourth-order valence-electron chi connectivity index (χ4n) is 5.09. The topological polar surface area (TPSA) is 52.6 Å². The maximum atomic E-state index is 13.4. The van der Waals surface area contributed by atoms with Crippen molar-refractivity contribution in [1.82, 2.24) is 0 Å². The van der Waals surface area contributed by atoms with E-state index in [4.69, 9.17) is 9.47 Å². The van der Waals surface area contributed by atoms with Gasteiger partial charge in [0.15, 0.2) is 0 Å². The van der Waals surface area contributed by atoms with Crippen molar-refractivity contribution in [3.63, 3.8) is 0 Å². The Kier molecular flexibility index (Phi) is 11.8. The smallest absolute Gasteiger partial charge is 0.309 e. The first-order valence-electron chi connectivity index (χ1n) is 15.3. The van der Waals surface area contributed by atoms with Crippen molar-refractivity contribution in [3.8, 4) is 11.1 Å². The second-order valence-electron chi connectivity index (χ2n) is 13.5. The molecule has 0 aliphatic heterocycles. The fourth-order valence-corrected chi connectivity index (χ4v) is 5.80. The van der Waals surface area contributed by atoms with Crippen LogP contribution in [0.5, 0.6) is 0 Å². The van der Waals surface area contributed by atoms with E-state index in [2.05, 4.69) is 93.3 Å². The van der Waals surface area contributed by atoms with Crippen molar-refractivity contribution >= 4 is 30.8 Å². The van der Waals surface area contributed by atoms with Gasteiger partial charge >= 0.3 is 11.9 Å². The predicted octanol–water partition coefficient (Wildman–Crippen LogP) is 9.48.